The number of rotatable bonds is 1. The van der Waals surface area contributed by atoms with Gasteiger partial charge in [-0.2, -0.15) is 0 Å². The Morgan fingerprint density at radius 3 is 1.52 bits per heavy atom. The van der Waals surface area contributed by atoms with Crippen molar-refractivity contribution in [3.63, 3.8) is 0 Å². The van der Waals surface area contributed by atoms with E-state index in [4.69, 9.17) is 28.4 Å². The molecule has 0 saturated heterocycles. The maximum absolute atomic E-state index is 11.0. The molecule has 168 valence electrons. The fraction of sp³-hybridized carbons (Fsp3) is 0.400. The maximum atomic E-state index is 11.0. The summed E-state index contributed by atoms with van der Waals surface area (Å²) in [6.07, 6.45) is 0. The highest BCUT2D eigenvalue weighted by Crippen LogP contribution is 2.36. The van der Waals surface area contributed by atoms with E-state index in [0.29, 0.717) is 50.3 Å². The zero-order valence-corrected chi connectivity index (χ0v) is 19.7. The summed E-state index contributed by atoms with van der Waals surface area (Å²) in [7, 11) is 0. The van der Waals surface area contributed by atoms with Crippen molar-refractivity contribution in [3.05, 3.63) is 49.4 Å². The van der Waals surface area contributed by atoms with Crippen LogP contribution in [-0.2, 0) is 9.47 Å². The van der Waals surface area contributed by atoms with Crippen LogP contribution >= 0.6 is 31.9 Å². The Kier molecular flexibility index (Phi) is 9.19. The summed E-state index contributed by atoms with van der Waals surface area (Å²) < 4.78 is 35.7. The quantitative estimate of drug-likeness (QED) is 0.373. The van der Waals surface area contributed by atoms with Gasteiger partial charge in [-0.1, -0.05) is 0 Å². The molecule has 0 radical (unpaired) electrons. The number of nitrogens with zero attached hydrogens (tertiary/aromatic N) is 1. The summed E-state index contributed by atoms with van der Waals surface area (Å²) in [5.74, 6) is 1.86. The van der Waals surface area contributed by atoms with E-state index < -0.39 is 4.92 Å². The second-order valence-corrected chi connectivity index (χ2v) is 7.93. The van der Waals surface area contributed by atoms with Crippen molar-refractivity contribution in [2.45, 2.75) is 0 Å². The van der Waals surface area contributed by atoms with Gasteiger partial charge in [0.05, 0.1) is 37.4 Å². The first-order valence-electron chi connectivity index (χ1n) is 9.49. The van der Waals surface area contributed by atoms with Crippen molar-refractivity contribution in [1.82, 2.24) is 0 Å². The van der Waals surface area contributed by atoms with Gasteiger partial charge in [0.1, 0.15) is 26.4 Å². The molecule has 31 heavy (non-hydrogen) atoms. The van der Waals surface area contributed by atoms with Gasteiger partial charge >= 0.3 is 0 Å². The van der Waals surface area contributed by atoms with E-state index in [-0.39, 0.29) is 31.3 Å². The van der Waals surface area contributed by atoms with E-state index in [1.807, 2.05) is 12.1 Å². The number of hydrogen-bond acceptors (Lipinski definition) is 8. The van der Waals surface area contributed by atoms with Gasteiger partial charge in [-0.15, -0.1) is 0 Å². The van der Waals surface area contributed by atoms with E-state index in [1.165, 1.54) is 18.2 Å². The zero-order chi connectivity index (χ0) is 22.1. The molecular formula is C20H21Br2NO8. The Balaban J connectivity index is 1.64. The van der Waals surface area contributed by atoms with E-state index >= 15 is 0 Å². The second kappa shape index (κ2) is 12.1. The second-order valence-electron chi connectivity index (χ2n) is 6.22. The number of benzene rings is 2. The first kappa shape index (κ1) is 23.6. The summed E-state index contributed by atoms with van der Waals surface area (Å²) in [5, 5.41) is 11.0. The van der Waals surface area contributed by atoms with E-state index in [2.05, 4.69) is 31.9 Å². The molecule has 0 aliphatic carbocycles. The highest BCUT2D eigenvalue weighted by molar-refractivity contribution is 9.13. The molecule has 2 aromatic carbocycles. The van der Waals surface area contributed by atoms with Crippen molar-refractivity contribution >= 4 is 37.5 Å². The SMILES string of the molecule is O=[N+]([O-])c1ccc2c(c1)OCCOCCOc1cc(Br)c(Br)cc1OCCOCCO2. The zero-order valence-electron chi connectivity index (χ0n) is 16.5. The predicted molar refractivity (Wildman–Crippen MR) is 119 cm³/mol. The van der Waals surface area contributed by atoms with Crippen LogP contribution in [-0.4, -0.2) is 57.8 Å². The third-order valence-corrected chi connectivity index (χ3v) is 5.91. The van der Waals surface area contributed by atoms with Crippen molar-refractivity contribution < 1.29 is 33.3 Å². The van der Waals surface area contributed by atoms with Crippen LogP contribution in [0.2, 0.25) is 0 Å². The molecule has 0 fully saturated rings. The van der Waals surface area contributed by atoms with E-state index in [0.717, 1.165) is 8.95 Å². The molecule has 0 N–H and O–H groups in total. The summed E-state index contributed by atoms with van der Waals surface area (Å²) in [6.45, 7) is 2.37. The first-order valence-corrected chi connectivity index (χ1v) is 11.1. The summed E-state index contributed by atoms with van der Waals surface area (Å²) >= 11 is 6.92. The lowest BCUT2D eigenvalue weighted by Crippen LogP contribution is -2.15. The van der Waals surface area contributed by atoms with Crippen LogP contribution in [0.5, 0.6) is 23.0 Å². The summed E-state index contributed by atoms with van der Waals surface area (Å²) in [5.41, 5.74) is -0.0799. The molecule has 0 aromatic heterocycles. The van der Waals surface area contributed by atoms with Gasteiger partial charge in [0.25, 0.3) is 5.69 Å². The topological polar surface area (TPSA) is 98.5 Å². The Labute approximate surface area is 195 Å². The molecule has 0 unspecified atom stereocenters. The van der Waals surface area contributed by atoms with Gasteiger partial charge in [0.2, 0.25) is 0 Å². The third kappa shape index (κ3) is 7.23. The average molecular weight is 563 g/mol. The standard InChI is InChI=1S/C20H21Br2NO8/c21-15-12-19-20(13-16(15)22)31-10-6-27-4-8-29-18-11-14(23(24)25)1-2-17(18)28-7-3-26-5-9-30-19/h1-2,11-13H,3-10H2. The van der Waals surface area contributed by atoms with Crippen molar-refractivity contribution in [1.29, 1.82) is 0 Å². The lowest BCUT2D eigenvalue weighted by atomic mass is 10.3. The van der Waals surface area contributed by atoms with Gasteiger partial charge in [0.15, 0.2) is 23.0 Å². The molecule has 3 rings (SSSR count). The van der Waals surface area contributed by atoms with Crippen molar-refractivity contribution in [3.8, 4) is 23.0 Å². The van der Waals surface area contributed by atoms with Gasteiger partial charge in [-0.05, 0) is 50.1 Å². The predicted octanol–water partition coefficient (Wildman–Crippen LogP) is 4.38. The van der Waals surface area contributed by atoms with Crippen molar-refractivity contribution in [2.75, 3.05) is 52.9 Å². The lowest BCUT2D eigenvalue weighted by Gasteiger charge is -2.16. The first-order chi connectivity index (χ1) is 15.0. The Bertz CT molecular complexity index is 896. The van der Waals surface area contributed by atoms with Crippen LogP contribution < -0.4 is 18.9 Å². The van der Waals surface area contributed by atoms with Crippen molar-refractivity contribution in [2.24, 2.45) is 0 Å². The fourth-order valence-corrected chi connectivity index (χ4v) is 3.27. The van der Waals surface area contributed by atoms with Gasteiger partial charge in [-0.25, -0.2) is 0 Å². The molecule has 1 heterocycles. The molecule has 0 bridgehead atoms. The van der Waals surface area contributed by atoms with E-state index in [1.54, 1.807) is 0 Å². The molecular weight excluding hydrogens is 542 g/mol. The van der Waals surface area contributed by atoms with Crippen LogP contribution in [0.3, 0.4) is 0 Å². The van der Waals surface area contributed by atoms with Crippen LogP contribution in [0.4, 0.5) is 5.69 Å². The number of halogens is 2. The number of nitro groups is 1. The Morgan fingerprint density at radius 2 is 1.06 bits per heavy atom. The van der Waals surface area contributed by atoms with E-state index in [9.17, 15) is 10.1 Å². The molecule has 1 aliphatic heterocycles. The van der Waals surface area contributed by atoms with Crippen LogP contribution in [0.1, 0.15) is 0 Å². The Hall–Kier alpha value is -2.08. The molecule has 0 atom stereocenters. The largest absolute Gasteiger partial charge is 0.487 e. The smallest absolute Gasteiger partial charge is 0.273 e. The number of non-ortho nitro benzene ring substituents is 1. The third-order valence-electron chi connectivity index (χ3n) is 4.07. The molecule has 0 amide bonds. The fourth-order valence-electron chi connectivity index (χ4n) is 2.62. The summed E-state index contributed by atoms with van der Waals surface area (Å²) in [4.78, 5) is 10.6. The number of hydrogen-bond donors (Lipinski definition) is 0. The van der Waals surface area contributed by atoms with Gasteiger partial charge in [-0.3, -0.25) is 10.1 Å². The minimum Gasteiger partial charge on any atom is -0.487 e. The highest BCUT2D eigenvalue weighted by Gasteiger charge is 2.14. The van der Waals surface area contributed by atoms with Crippen LogP contribution in [0, 0.1) is 10.1 Å². The van der Waals surface area contributed by atoms with Gasteiger partial charge < -0.3 is 28.4 Å². The molecule has 9 nitrogen and oxygen atoms in total. The van der Waals surface area contributed by atoms with Gasteiger partial charge in [0, 0.05) is 15.0 Å². The minimum atomic E-state index is -0.485. The number of ether oxygens (including phenoxy) is 6. The molecule has 1 aliphatic rings. The molecule has 2 aromatic rings. The molecule has 0 spiro atoms. The van der Waals surface area contributed by atoms with Crippen LogP contribution in [0.15, 0.2) is 39.3 Å². The average Bonchev–Trinajstić information content (AvgIpc) is 2.75. The number of fused-ring (bicyclic) bond motifs is 2. The lowest BCUT2D eigenvalue weighted by molar-refractivity contribution is -0.385. The maximum Gasteiger partial charge on any atom is 0.273 e. The normalized spacial score (nSPS) is 16.1. The Morgan fingerprint density at radius 1 is 0.645 bits per heavy atom. The monoisotopic (exact) mass is 561 g/mol. The highest BCUT2D eigenvalue weighted by atomic mass is 79.9. The minimum absolute atomic E-state index is 0.0799. The molecule has 11 heteroatoms. The summed E-state index contributed by atoms with van der Waals surface area (Å²) in [6, 6.07) is 7.85. The number of nitro benzene ring substituents is 1. The molecule has 0 saturated carbocycles. The van der Waals surface area contributed by atoms with Crippen LogP contribution in [0.25, 0.3) is 0 Å².